The number of benzene rings is 1. The van der Waals surface area contributed by atoms with E-state index in [9.17, 15) is 9.59 Å². The lowest BCUT2D eigenvalue weighted by Gasteiger charge is -2.49. The van der Waals surface area contributed by atoms with Crippen molar-refractivity contribution < 1.29 is 14.3 Å². The zero-order valence-electron chi connectivity index (χ0n) is 19.1. The van der Waals surface area contributed by atoms with Gasteiger partial charge >= 0.3 is 0 Å². The second-order valence-electron chi connectivity index (χ2n) is 10.3. The maximum Gasteiger partial charge on any atom is 0.223 e. The number of hydrogen-bond acceptors (Lipinski definition) is 4. The van der Waals surface area contributed by atoms with Gasteiger partial charge < -0.3 is 15.4 Å². The molecule has 1 aromatic rings. The molecule has 1 aliphatic carbocycles. The maximum atomic E-state index is 12.9. The summed E-state index contributed by atoms with van der Waals surface area (Å²) in [7, 11) is 4.35. The summed E-state index contributed by atoms with van der Waals surface area (Å²) in [6, 6.07) is 10.8. The van der Waals surface area contributed by atoms with Gasteiger partial charge in [-0.15, -0.1) is 0 Å². The van der Waals surface area contributed by atoms with E-state index in [0.29, 0.717) is 45.4 Å². The van der Waals surface area contributed by atoms with Gasteiger partial charge in [0, 0.05) is 38.3 Å². The molecular formula is C25H37N3O3. The highest BCUT2D eigenvalue weighted by molar-refractivity contribution is 5.82. The Balaban J connectivity index is 1.42. The zero-order chi connectivity index (χ0) is 22.1. The smallest absolute Gasteiger partial charge is 0.223 e. The fourth-order valence-corrected chi connectivity index (χ4v) is 6.19. The van der Waals surface area contributed by atoms with Gasteiger partial charge in [-0.2, -0.15) is 0 Å². The van der Waals surface area contributed by atoms with E-state index in [1.165, 1.54) is 5.56 Å². The molecule has 0 bridgehead atoms. The summed E-state index contributed by atoms with van der Waals surface area (Å²) in [6.07, 6.45) is 6.85. The number of nitrogens with zero attached hydrogens (tertiary/aromatic N) is 2. The third-order valence-electron chi connectivity index (χ3n) is 8.54. The van der Waals surface area contributed by atoms with E-state index < -0.39 is 5.41 Å². The van der Waals surface area contributed by atoms with Crippen LogP contribution in [-0.4, -0.2) is 62.0 Å². The van der Waals surface area contributed by atoms with Crippen LogP contribution in [0.4, 0.5) is 0 Å². The molecule has 0 radical (unpaired) electrons. The summed E-state index contributed by atoms with van der Waals surface area (Å²) in [4.78, 5) is 29.5. The number of hydrogen-bond donors (Lipinski definition) is 1. The maximum absolute atomic E-state index is 12.9. The lowest BCUT2D eigenvalue weighted by molar-refractivity contribution is -0.136. The van der Waals surface area contributed by atoms with Crippen LogP contribution < -0.4 is 5.73 Å². The topological polar surface area (TPSA) is 75.9 Å². The molecule has 0 aromatic heterocycles. The molecule has 1 spiro atoms. The van der Waals surface area contributed by atoms with Gasteiger partial charge in [0.15, 0.2) is 0 Å². The Morgan fingerprint density at radius 2 is 1.71 bits per heavy atom. The first-order valence-electron chi connectivity index (χ1n) is 11.7. The predicted octanol–water partition coefficient (Wildman–Crippen LogP) is 2.91. The molecule has 2 N–H and O–H groups in total. The van der Waals surface area contributed by atoms with Crippen LogP contribution in [0.15, 0.2) is 30.3 Å². The number of ether oxygens (including phenoxy) is 1. The minimum Gasteiger partial charge on any atom is -0.381 e. The zero-order valence-corrected chi connectivity index (χ0v) is 19.1. The van der Waals surface area contributed by atoms with Crippen molar-refractivity contribution in [2.24, 2.45) is 16.6 Å². The number of likely N-dealkylation sites (tertiary alicyclic amines) is 1. The standard InChI is InChI=1S/C25H37N3O3/c1-27(2)25(20-6-4-3-5-7-20)10-8-23(9-11-25)18-21(29)28(19-23)15-12-24(22(26)30)13-16-31-17-14-24/h3-7H,8-19H2,1-2H3,(H2,26,30)/t23-,25-. The third kappa shape index (κ3) is 4.12. The van der Waals surface area contributed by atoms with E-state index in [1.807, 2.05) is 4.90 Å². The van der Waals surface area contributed by atoms with Crippen molar-refractivity contribution >= 4 is 11.8 Å². The molecule has 6 nitrogen and oxygen atoms in total. The van der Waals surface area contributed by atoms with Crippen LogP contribution in [0.1, 0.15) is 56.9 Å². The van der Waals surface area contributed by atoms with Crippen LogP contribution in [-0.2, 0) is 19.9 Å². The van der Waals surface area contributed by atoms with Crippen LogP contribution in [0.3, 0.4) is 0 Å². The summed E-state index contributed by atoms with van der Waals surface area (Å²) >= 11 is 0. The average molecular weight is 428 g/mol. The first-order chi connectivity index (χ1) is 14.8. The third-order valence-corrected chi connectivity index (χ3v) is 8.54. The highest BCUT2D eigenvalue weighted by Gasteiger charge is 2.50. The van der Waals surface area contributed by atoms with Crippen LogP contribution >= 0.6 is 0 Å². The van der Waals surface area contributed by atoms with Crippen molar-refractivity contribution in [3.63, 3.8) is 0 Å². The average Bonchev–Trinajstić information content (AvgIpc) is 3.09. The Morgan fingerprint density at radius 3 is 2.29 bits per heavy atom. The van der Waals surface area contributed by atoms with Crippen LogP contribution in [0.2, 0.25) is 0 Å². The molecule has 1 saturated carbocycles. The van der Waals surface area contributed by atoms with Gasteiger partial charge in [0.2, 0.25) is 11.8 Å². The lowest BCUT2D eigenvalue weighted by atomic mass is 9.64. The van der Waals surface area contributed by atoms with E-state index in [2.05, 4.69) is 49.3 Å². The second-order valence-corrected chi connectivity index (χ2v) is 10.3. The van der Waals surface area contributed by atoms with Gasteiger partial charge in [-0.1, -0.05) is 30.3 Å². The largest absolute Gasteiger partial charge is 0.381 e. The van der Waals surface area contributed by atoms with Crippen molar-refractivity contribution in [2.45, 2.75) is 56.9 Å². The van der Waals surface area contributed by atoms with Gasteiger partial charge in [0.05, 0.1) is 5.41 Å². The van der Waals surface area contributed by atoms with Crippen molar-refractivity contribution in [3.8, 4) is 0 Å². The number of nitrogens with two attached hydrogens (primary N) is 1. The summed E-state index contributed by atoms with van der Waals surface area (Å²) in [5.41, 5.74) is 6.74. The van der Waals surface area contributed by atoms with Gasteiger partial charge in [0.25, 0.3) is 0 Å². The molecule has 3 aliphatic rings. The molecule has 0 atom stereocenters. The van der Waals surface area contributed by atoms with Gasteiger partial charge in [-0.25, -0.2) is 0 Å². The SMILES string of the molecule is CN(C)[C@]1(c2ccccc2)CC[C@@]2(CC1)CC(=O)N(CCC1(C(N)=O)CCOCC1)C2. The number of carbonyl (C=O) groups is 2. The molecule has 31 heavy (non-hydrogen) atoms. The monoisotopic (exact) mass is 427 g/mol. The van der Waals surface area contributed by atoms with E-state index >= 15 is 0 Å². The van der Waals surface area contributed by atoms with Crippen molar-refractivity contribution in [1.29, 1.82) is 0 Å². The lowest BCUT2D eigenvalue weighted by Crippen LogP contribution is -2.47. The number of carbonyl (C=O) groups excluding carboxylic acids is 2. The second kappa shape index (κ2) is 8.55. The van der Waals surface area contributed by atoms with E-state index in [1.54, 1.807) is 0 Å². The van der Waals surface area contributed by atoms with Gasteiger partial charge in [0.1, 0.15) is 0 Å². The molecule has 2 saturated heterocycles. The van der Waals surface area contributed by atoms with Crippen molar-refractivity contribution in [3.05, 3.63) is 35.9 Å². The highest BCUT2D eigenvalue weighted by Crippen LogP contribution is 2.52. The minimum absolute atomic E-state index is 0.0428. The summed E-state index contributed by atoms with van der Waals surface area (Å²) in [6.45, 7) is 2.59. The van der Waals surface area contributed by atoms with Gasteiger partial charge in [-0.05, 0) is 70.0 Å². The Hall–Kier alpha value is -1.92. The molecular weight excluding hydrogens is 390 g/mol. The molecule has 3 fully saturated rings. The van der Waals surface area contributed by atoms with Gasteiger partial charge in [-0.3, -0.25) is 14.5 Å². The predicted molar refractivity (Wildman–Crippen MR) is 120 cm³/mol. The first-order valence-corrected chi connectivity index (χ1v) is 11.7. The molecule has 1 aromatic carbocycles. The molecule has 2 aliphatic heterocycles. The van der Waals surface area contributed by atoms with E-state index in [4.69, 9.17) is 10.5 Å². The molecule has 2 heterocycles. The Labute approximate surface area is 186 Å². The fraction of sp³-hybridized carbons (Fsp3) is 0.680. The van der Waals surface area contributed by atoms with E-state index in [0.717, 1.165) is 32.2 Å². The minimum atomic E-state index is -0.520. The first kappa shape index (κ1) is 22.3. The van der Waals surface area contributed by atoms with Crippen molar-refractivity contribution in [2.75, 3.05) is 40.4 Å². The highest BCUT2D eigenvalue weighted by atomic mass is 16.5. The van der Waals surface area contributed by atoms with Crippen LogP contribution in [0.25, 0.3) is 0 Å². The van der Waals surface area contributed by atoms with Crippen molar-refractivity contribution in [1.82, 2.24) is 9.80 Å². The summed E-state index contributed by atoms with van der Waals surface area (Å²) in [5, 5.41) is 0. The molecule has 4 rings (SSSR count). The number of primary amides is 1. The quantitative estimate of drug-likeness (QED) is 0.757. The Kier molecular flexibility index (Phi) is 6.14. The number of rotatable bonds is 6. The molecule has 0 unspecified atom stereocenters. The fourth-order valence-electron chi connectivity index (χ4n) is 6.19. The summed E-state index contributed by atoms with van der Waals surface area (Å²) in [5.74, 6) is -0.00260. The van der Waals surface area contributed by atoms with E-state index in [-0.39, 0.29) is 22.8 Å². The molecule has 170 valence electrons. The Bertz CT molecular complexity index is 793. The van der Waals surface area contributed by atoms with Crippen LogP contribution in [0.5, 0.6) is 0 Å². The Morgan fingerprint density at radius 1 is 1.06 bits per heavy atom. The normalized spacial score (nSPS) is 30.8. The van der Waals surface area contributed by atoms with Crippen LogP contribution in [0, 0.1) is 10.8 Å². The molecule has 6 heteroatoms. The number of amides is 2. The summed E-state index contributed by atoms with van der Waals surface area (Å²) < 4.78 is 5.44. The molecule has 2 amide bonds.